The highest BCUT2D eigenvalue weighted by Crippen LogP contribution is 2.42. The van der Waals surface area contributed by atoms with Crippen molar-refractivity contribution in [3.63, 3.8) is 0 Å². The monoisotopic (exact) mass is 491 g/mol. The fourth-order valence-corrected chi connectivity index (χ4v) is 4.91. The first kappa shape index (κ1) is 23.6. The van der Waals surface area contributed by atoms with E-state index in [4.69, 9.17) is 11.6 Å². The Hall–Kier alpha value is -3.60. The number of carbonyl (C=O) groups is 2. The predicted molar refractivity (Wildman–Crippen MR) is 133 cm³/mol. The average molecular weight is 492 g/mol. The van der Waals surface area contributed by atoms with Gasteiger partial charge in [0.1, 0.15) is 22.5 Å². The lowest BCUT2D eigenvalue weighted by atomic mass is 10.1. The standard InChI is InChI=1S/C26H19ClFN3O2S/c1-16-2-10-20(11-3-16)30-24(32)22(15-29)26-31(21-12-8-19(28)9-13-21)25(33)23(34-26)14-17-4-6-18(27)7-5-17/h2-13,23H,14H2,1H3,(H,30,32)/b26-22-/t23-/m1/s1. The molecule has 1 heterocycles. The van der Waals surface area contributed by atoms with Crippen LogP contribution in [0.4, 0.5) is 15.8 Å². The number of aryl methyl sites for hydroxylation is 1. The van der Waals surface area contributed by atoms with E-state index in [1.54, 1.807) is 24.3 Å². The molecule has 5 nitrogen and oxygen atoms in total. The molecule has 3 aromatic rings. The maximum absolute atomic E-state index is 13.5. The molecule has 2 amide bonds. The van der Waals surface area contributed by atoms with Crippen molar-refractivity contribution in [3.8, 4) is 6.07 Å². The number of amides is 2. The van der Waals surface area contributed by atoms with Gasteiger partial charge in [-0.3, -0.25) is 14.5 Å². The average Bonchev–Trinajstić information content (AvgIpc) is 3.13. The lowest BCUT2D eigenvalue weighted by molar-refractivity contribution is -0.117. The fourth-order valence-electron chi connectivity index (χ4n) is 3.48. The van der Waals surface area contributed by atoms with Gasteiger partial charge < -0.3 is 5.32 Å². The summed E-state index contributed by atoms with van der Waals surface area (Å²) in [5, 5.41) is 12.8. The van der Waals surface area contributed by atoms with Crippen LogP contribution >= 0.6 is 23.4 Å². The van der Waals surface area contributed by atoms with Gasteiger partial charge in [-0.2, -0.15) is 5.26 Å². The molecule has 3 aromatic carbocycles. The van der Waals surface area contributed by atoms with E-state index < -0.39 is 17.0 Å². The topological polar surface area (TPSA) is 73.2 Å². The Balaban J connectivity index is 1.71. The van der Waals surface area contributed by atoms with E-state index in [1.807, 2.05) is 37.3 Å². The summed E-state index contributed by atoms with van der Waals surface area (Å²) in [4.78, 5) is 27.8. The number of thioether (sulfide) groups is 1. The van der Waals surface area contributed by atoms with Gasteiger partial charge in [0.05, 0.1) is 5.25 Å². The van der Waals surface area contributed by atoms with Crippen LogP contribution in [-0.2, 0) is 16.0 Å². The smallest absolute Gasteiger partial charge is 0.269 e. The molecule has 1 aliphatic heterocycles. The minimum atomic E-state index is -0.624. The van der Waals surface area contributed by atoms with Gasteiger partial charge in [-0.05, 0) is 67.4 Å². The highest BCUT2D eigenvalue weighted by molar-refractivity contribution is 8.05. The van der Waals surface area contributed by atoms with Gasteiger partial charge >= 0.3 is 0 Å². The van der Waals surface area contributed by atoms with Gasteiger partial charge in [0.2, 0.25) is 5.91 Å². The maximum Gasteiger partial charge on any atom is 0.269 e. The Bertz CT molecular complexity index is 1300. The summed E-state index contributed by atoms with van der Waals surface area (Å²) in [5.41, 5.74) is 2.63. The van der Waals surface area contributed by atoms with Crippen molar-refractivity contribution in [2.24, 2.45) is 0 Å². The van der Waals surface area contributed by atoms with Gasteiger partial charge in [-0.25, -0.2) is 4.39 Å². The second-order valence-electron chi connectivity index (χ2n) is 7.70. The van der Waals surface area contributed by atoms with Crippen molar-refractivity contribution in [3.05, 3.63) is 105 Å². The third-order valence-corrected chi connectivity index (χ3v) is 6.75. The van der Waals surface area contributed by atoms with Gasteiger partial charge in [0, 0.05) is 16.4 Å². The second-order valence-corrected chi connectivity index (χ2v) is 9.33. The summed E-state index contributed by atoms with van der Waals surface area (Å²) in [6, 6.07) is 21.6. The Morgan fingerprint density at radius 1 is 1.09 bits per heavy atom. The number of anilines is 2. The molecule has 1 atom stereocenters. The van der Waals surface area contributed by atoms with E-state index in [9.17, 15) is 19.2 Å². The summed E-state index contributed by atoms with van der Waals surface area (Å²) >= 11 is 7.11. The number of carbonyl (C=O) groups excluding carboxylic acids is 2. The number of nitrogens with zero attached hydrogens (tertiary/aromatic N) is 2. The predicted octanol–water partition coefficient (Wildman–Crippen LogP) is 5.85. The van der Waals surface area contributed by atoms with Gasteiger partial charge in [-0.1, -0.05) is 53.2 Å². The Morgan fingerprint density at radius 2 is 1.74 bits per heavy atom. The third-order valence-electron chi connectivity index (χ3n) is 5.23. The molecule has 1 aliphatic rings. The van der Waals surface area contributed by atoms with Crippen molar-refractivity contribution in [2.75, 3.05) is 10.2 Å². The molecule has 0 aliphatic carbocycles. The molecule has 170 valence electrons. The van der Waals surface area contributed by atoms with Crippen LogP contribution < -0.4 is 10.2 Å². The highest BCUT2D eigenvalue weighted by atomic mass is 35.5. The van der Waals surface area contributed by atoms with E-state index in [2.05, 4.69) is 5.32 Å². The maximum atomic E-state index is 13.5. The van der Waals surface area contributed by atoms with E-state index in [-0.39, 0.29) is 16.5 Å². The molecule has 0 radical (unpaired) electrons. The number of halogens is 2. The number of hydrogen-bond donors (Lipinski definition) is 1. The minimum Gasteiger partial charge on any atom is -0.321 e. The lowest BCUT2D eigenvalue weighted by Gasteiger charge is -2.18. The van der Waals surface area contributed by atoms with Crippen LogP contribution in [0.3, 0.4) is 0 Å². The quantitative estimate of drug-likeness (QED) is 0.359. The zero-order valence-electron chi connectivity index (χ0n) is 18.1. The summed E-state index contributed by atoms with van der Waals surface area (Å²) in [6.45, 7) is 1.93. The van der Waals surface area contributed by atoms with Crippen molar-refractivity contribution in [1.29, 1.82) is 5.26 Å². The van der Waals surface area contributed by atoms with E-state index >= 15 is 0 Å². The first-order valence-electron chi connectivity index (χ1n) is 10.4. The third kappa shape index (κ3) is 5.14. The molecular formula is C26H19ClFN3O2S. The summed E-state index contributed by atoms with van der Waals surface area (Å²) in [7, 11) is 0. The zero-order chi connectivity index (χ0) is 24.2. The number of rotatable bonds is 5. The van der Waals surface area contributed by atoms with Crippen LogP contribution in [0.5, 0.6) is 0 Å². The van der Waals surface area contributed by atoms with E-state index in [0.717, 1.165) is 22.9 Å². The van der Waals surface area contributed by atoms with Crippen molar-refractivity contribution >= 4 is 46.6 Å². The molecule has 0 bridgehead atoms. The Kier molecular flexibility index (Phi) is 7.01. The number of nitrogens with one attached hydrogen (secondary N) is 1. The summed E-state index contributed by atoms with van der Waals surface area (Å²) < 4.78 is 13.5. The van der Waals surface area contributed by atoms with Crippen molar-refractivity contribution in [1.82, 2.24) is 0 Å². The van der Waals surface area contributed by atoms with Crippen molar-refractivity contribution in [2.45, 2.75) is 18.6 Å². The minimum absolute atomic E-state index is 0.193. The van der Waals surface area contributed by atoms with E-state index in [1.165, 1.54) is 29.2 Å². The SMILES string of the molecule is Cc1ccc(NC(=O)/C(C#N)=C2\S[C@H](Cc3ccc(Cl)cc3)C(=O)N2c2ccc(F)cc2)cc1. The molecule has 1 N–H and O–H groups in total. The molecule has 34 heavy (non-hydrogen) atoms. The number of hydrogen-bond acceptors (Lipinski definition) is 4. The van der Waals surface area contributed by atoms with E-state index in [0.29, 0.717) is 22.8 Å². The lowest BCUT2D eigenvalue weighted by Crippen LogP contribution is -2.30. The second kappa shape index (κ2) is 10.1. The van der Waals surface area contributed by atoms with Crippen LogP contribution in [0, 0.1) is 24.1 Å². The molecule has 1 fully saturated rings. The first-order valence-corrected chi connectivity index (χ1v) is 11.6. The first-order chi connectivity index (χ1) is 16.4. The molecule has 0 spiro atoms. The largest absolute Gasteiger partial charge is 0.321 e. The molecule has 0 unspecified atom stereocenters. The summed E-state index contributed by atoms with van der Waals surface area (Å²) in [5.74, 6) is -1.37. The number of nitriles is 1. The van der Waals surface area contributed by atoms with Crippen LogP contribution in [-0.4, -0.2) is 17.1 Å². The normalized spacial score (nSPS) is 16.8. The molecule has 0 saturated carbocycles. The van der Waals surface area contributed by atoms with Crippen molar-refractivity contribution < 1.29 is 14.0 Å². The van der Waals surface area contributed by atoms with Gasteiger partial charge in [0.25, 0.3) is 5.91 Å². The Morgan fingerprint density at radius 3 is 2.35 bits per heavy atom. The molecule has 0 aromatic heterocycles. The van der Waals surface area contributed by atoms with Crippen LogP contribution in [0.15, 0.2) is 83.4 Å². The van der Waals surface area contributed by atoms with Crippen LogP contribution in [0.1, 0.15) is 11.1 Å². The van der Waals surface area contributed by atoms with Gasteiger partial charge in [0.15, 0.2) is 0 Å². The Labute approximate surface area is 205 Å². The molecule has 1 saturated heterocycles. The highest BCUT2D eigenvalue weighted by Gasteiger charge is 2.40. The molecular weight excluding hydrogens is 473 g/mol. The molecule has 8 heteroatoms. The fraction of sp³-hybridized carbons (Fsp3) is 0.115. The zero-order valence-corrected chi connectivity index (χ0v) is 19.7. The van der Waals surface area contributed by atoms with Gasteiger partial charge in [-0.15, -0.1) is 0 Å². The molecule has 4 rings (SSSR count). The summed E-state index contributed by atoms with van der Waals surface area (Å²) in [6.07, 6.45) is 0.375. The van der Waals surface area contributed by atoms with Crippen LogP contribution in [0.25, 0.3) is 0 Å². The van der Waals surface area contributed by atoms with Crippen LogP contribution in [0.2, 0.25) is 5.02 Å². The number of benzene rings is 3.